The number of nitrogens with one attached hydrogen (secondary N) is 2. The van der Waals surface area contributed by atoms with Gasteiger partial charge in [0.15, 0.2) is 0 Å². The highest BCUT2D eigenvalue weighted by Gasteiger charge is 2.46. The molecular weight excluding hydrogens is 527 g/mol. The fourth-order valence-electron chi connectivity index (χ4n) is 5.44. The fourth-order valence-corrected chi connectivity index (χ4v) is 5.44. The molecule has 5 rings (SSSR count). The molecule has 0 radical (unpaired) electrons. The van der Waals surface area contributed by atoms with Gasteiger partial charge in [0.25, 0.3) is 0 Å². The summed E-state index contributed by atoms with van der Waals surface area (Å²) in [6, 6.07) is 9.82. The van der Waals surface area contributed by atoms with Crippen LogP contribution in [0.2, 0.25) is 0 Å². The summed E-state index contributed by atoms with van der Waals surface area (Å²) in [5, 5.41) is 5.07. The molecule has 0 bridgehead atoms. The number of benzene rings is 1. The smallest absolute Gasteiger partial charge is 0.324 e. The van der Waals surface area contributed by atoms with Crippen LogP contribution in [0.4, 0.5) is 18.0 Å². The second-order valence-electron chi connectivity index (χ2n) is 10.8. The standard InChI is InChI=1S/C28H30F3N5O4/c1-16-13-35(27(40)34-25(16)38)15-23(37)36-14-20(29)9-22(36)26(39)33-24(17-5-3-2-4-6-17)21-8-7-18(12-32-21)19-10-28(30,31)11-19/h2-8,12,16,19-20,22,24H,9-11,13-15H2,1H3,(H,33,39)(H,34,38,40)/t16?,20-,22+,24+/m1/s1. The number of rotatable bonds is 7. The summed E-state index contributed by atoms with van der Waals surface area (Å²) in [6.45, 7) is 0.965. The van der Waals surface area contributed by atoms with Crippen LogP contribution in [0.5, 0.6) is 0 Å². The molecule has 2 N–H and O–H groups in total. The van der Waals surface area contributed by atoms with Gasteiger partial charge in [0.05, 0.1) is 24.2 Å². The van der Waals surface area contributed by atoms with E-state index < -0.39 is 60.4 Å². The zero-order valence-corrected chi connectivity index (χ0v) is 21.9. The minimum atomic E-state index is -2.66. The summed E-state index contributed by atoms with van der Waals surface area (Å²) in [5.74, 6) is -5.06. The monoisotopic (exact) mass is 557 g/mol. The molecule has 1 aliphatic carbocycles. The van der Waals surface area contributed by atoms with Gasteiger partial charge in [-0.2, -0.15) is 0 Å². The first kappa shape index (κ1) is 27.6. The fraction of sp³-hybridized carbons (Fsp3) is 0.464. The maximum absolute atomic E-state index is 14.5. The number of halogens is 3. The number of hydrogen-bond acceptors (Lipinski definition) is 5. The molecule has 2 saturated heterocycles. The van der Waals surface area contributed by atoms with Crippen molar-refractivity contribution in [3.8, 4) is 0 Å². The van der Waals surface area contributed by atoms with Crippen LogP contribution in [-0.2, 0) is 14.4 Å². The molecule has 1 aromatic heterocycles. The Labute approximate surface area is 229 Å². The number of nitrogens with zero attached hydrogens (tertiary/aromatic N) is 3. The summed E-state index contributed by atoms with van der Waals surface area (Å²) in [6.07, 6.45) is -0.546. The Kier molecular flexibility index (Phi) is 7.52. The lowest BCUT2D eigenvalue weighted by Gasteiger charge is -2.35. The Hall–Kier alpha value is -3.96. The zero-order valence-electron chi connectivity index (χ0n) is 21.9. The van der Waals surface area contributed by atoms with E-state index in [9.17, 15) is 32.3 Å². The van der Waals surface area contributed by atoms with Crippen LogP contribution in [0.25, 0.3) is 0 Å². The van der Waals surface area contributed by atoms with E-state index in [1.54, 1.807) is 43.3 Å². The molecule has 1 unspecified atom stereocenters. The Bertz CT molecular complexity index is 1280. The average molecular weight is 558 g/mol. The van der Waals surface area contributed by atoms with Crippen LogP contribution in [0.15, 0.2) is 48.7 Å². The first-order valence-corrected chi connectivity index (χ1v) is 13.2. The highest BCUT2D eigenvalue weighted by Crippen LogP contribution is 2.48. The molecule has 9 nitrogen and oxygen atoms in total. The summed E-state index contributed by atoms with van der Waals surface area (Å²) in [5.41, 5.74) is 1.85. The third-order valence-electron chi connectivity index (χ3n) is 7.74. The molecule has 1 saturated carbocycles. The van der Waals surface area contributed by atoms with Gasteiger partial charge in [-0.15, -0.1) is 0 Å². The summed E-state index contributed by atoms with van der Waals surface area (Å²) >= 11 is 0. The maximum Gasteiger partial charge on any atom is 0.324 e. The number of pyridine rings is 1. The van der Waals surface area contributed by atoms with Crippen LogP contribution < -0.4 is 10.6 Å². The average Bonchev–Trinajstić information content (AvgIpc) is 3.31. The number of carbonyl (C=O) groups is 4. The van der Waals surface area contributed by atoms with Crippen molar-refractivity contribution >= 4 is 23.8 Å². The Balaban J connectivity index is 1.31. The van der Waals surface area contributed by atoms with Crippen LogP contribution in [0.3, 0.4) is 0 Å². The first-order chi connectivity index (χ1) is 19.0. The Morgan fingerprint density at radius 2 is 1.85 bits per heavy atom. The molecular formula is C28H30F3N5O4. The predicted molar refractivity (Wildman–Crippen MR) is 137 cm³/mol. The van der Waals surface area contributed by atoms with E-state index in [1.807, 2.05) is 6.07 Å². The second-order valence-corrected chi connectivity index (χ2v) is 10.8. The van der Waals surface area contributed by atoms with E-state index in [0.717, 1.165) is 4.90 Å². The van der Waals surface area contributed by atoms with E-state index in [0.29, 0.717) is 16.8 Å². The van der Waals surface area contributed by atoms with E-state index in [1.165, 1.54) is 11.1 Å². The van der Waals surface area contributed by atoms with Crippen molar-refractivity contribution in [1.82, 2.24) is 25.4 Å². The van der Waals surface area contributed by atoms with Crippen LogP contribution in [0, 0.1) is 5.92 Å². The lowest BCUT2D eigenvalue weighted by atomic mass is 9.77. The van der Waals surface area contributed by atoms with Crippen molar-refractivity contribution in [3.63, 3.8) is 0 Å². The van der Waals surface area contributed by atoms with Gasteiger partial charge < -0.3 is 15.1 Å². The van der Waals surface area contributed by atoms with Gasteiger partial charge in [-0.25, -0.2) is 18.0 Å². The van der Waals surface area contributed by atoms with Gasteiger partial charge in [0.1, 0.15) is 18.8 Å². The Morgan fingerprint density at radius 1 is 1.12 bits per heavy atom. The predicted octanol–water partition coefficient (Wildman–Crippen LogP) is 2.93. The van der Waals surface area contributed by atoms with Crippen LogP contribution >= 0.6 is 0 Å². The summed E-state index contributed by atoms with van der Waals surface area (Å²) in [7, 11) is 0. The van der Waals surface area contributed by atoms with Crippen molar-refractivity contribution in [2.45, 2.75) is 56.3 Å². The molecule has 2 aliphatic heterocycles. The number of aromatic nitrogens is 1. The summed E-state index contributed by atoms with van der Waals surface area (Å²) in [4.78, 5) is 57.3. The van der Waals surface area contributed by atoms with Gasteiger partial charge in [-0.1, -0.05) is 43.3 Å². The van der Waals surface area contributed by atoms with Gasteiger partial charge >= 0.3 is 6.03 Å². The molecule has 0 spiro atoms. The molecule has 1 aromatic carbocycles. The number of hydrogen-bond donors (Lipinski definition) is 2. The largest absolute Gasteiger partial charge is 0.342 e. The van der Waals surface area contributed by atoms with Crippen molar-refractivity contribution in [2.24, 2.45) is 5.92 Å². The van der Waals surface area contributed by atoms with Crippen LogP contribution in [-0.4, -0.2) is 76.3 Å². The number of imide groups is 1. The zero-order chi connectivity index (χ0) is 28.6. The molecule has 3 aliphatic rings. The third-order valence-corrected chi connectivity index (χ3v) is 7.74. The van der Waals surface area contributed by atoms with Crippen molar-refractivity contribution in [3.05, 3.63) is 65.5 Å². The van der Waals surface area contributed by atoms with Crippen molar-refractivity contribution < 1.29 is 32.3 Å². The highest BCUT2D eigenvalue weighted by molar-refractivity contribution is 5.99. The number of alkyl halides is 3. The van der Waals surface area contributed by atoms with E-state index in [4.69, 9.17) is 0 Å². The van der Waals surface area contributed by atoms with Gasteiger partial charge in [-0.05, 0) is 23.1 Å². The normalized spacial score (nSPS) is 25.2. The topological polar surface area (TPSA) is 112 Å². The molecule has 2 aromatic rings. The highest BCUT2D eigenvalue weighted by atomic mass is 19.3. The minimum absolute atomic E-state index is 0.0381. The molecule has 4 atom stereocenters. The van der Waals surface area contributed by atoms with Gasteiger partial charge in [0.2, 0.25) is 23.6 Å². The van der Waals surface area contributed by atoms with Crippen LogP contribution in [0.1, 0.15) is 55.0 Å². The van der Waals surface area contributed by atoms with Gasteiger partial charge in [0, 0.05) is 32.0 Å². The molecule has 3 heterocycles. The first-order valence-electron chi connectivity index (χ1n) is 13.2. The third kappa shape index (κ3) is 5.80. The summed E-state index contributed by atoms with van der Waals surface area (Å²) < 4.78 is 41.2. The second kappa shape index (κ2) is 10.9. The van der Waals surface area contributed by atoms with Gasteiger partial charge in [-0.3, -0.25) is 24.7 Å². The Morgan fingerprint density at radius 3 is 2.50 bits per heavy atom. The minimum Gasteiger partial charge on any atom is -0.342 e. The number of amides is 5. The van der Waals surface area contributed by atoms with Crippen molar-refractivity contribution in [2.75, 3.05) is 19.6 Å². The lowest BCUT2D eigenvalue weighted by molar-refractivity contribution is -0.139. The lowest BCUT2D eigenvalue weighted by Crippen LogP contribution is -2.57. The van der Waals surface area contributed by atoms with E-state index >= 15 is 0 Å². The SMILES string of the molecule is CC1CN(CC(=O)N2C[C@H](F)C[C@H]2C(=O)N[C@@H](c2ccccc2)c2ccc(C3CC(F)(F)C3)cn2)C(=O)NC1=O. The number of likely N-dealkylation sites (tertiary alicyclic amines) is 1. The quantitative estimate of drug-likeness (QED) is 0.544. The van der Waals surface area contributed by atoms with Crippen molar-refractivity contribution in [1.29, 1.82) is 0 Å². The number of urea groups is 1. The molecule has 5 amide bonds. The van der Waals surface area contributed by atoms with E-state index in [2.05, 4.69) is 15.6 Å². The molecule has 12 heteroatoms. The van der Waals surface area contributed by atoms with E-state index in [-0.39, 0.29) is 38.3 Å². The molecule has 212 valence electrons. The molecule has 3 fully saturated rings. The maximum atomic E-state index is 14.5. The molecule has 40 heavy (non-hydrogen) atoms. The number of carbonyl (C=O) groups excluding carboxylic acids is 4.